The Labute approximate surface area is 118 Å². The number of hydrogen-bond donors (Lipinski definition) is 3. The molecule has 0 aromatic heterocycles. The largest absolute Gasteiger partial charge is 0.481 e. The van der Waals surface area contributed by atoms with Gasteiger partial charge >= 0.3 is 11.9 Å². The van der Waals surface area contributed by atoms with Crippen molar-refractivity contribution >= 4 is 11.9 Å². The van der Waals surface area contributed by atoms with Crippen molar-refractivity contribution in [3.63, 3.8) is 0 Å². The van der Waals surface area contributed by atoms with Crippen molar-refractivity contribution in [3.8, 4) is 0 Å². The second-order valence-electron chi connectivity index (χ2n) is 5.69. The predicted octanol–water partition coefficient (Wildman–Crippen LogP) is 2.07. The average Bonchev–Trinajstić information content (AvgIpc) is 2.32. The molecule has 0 aromatic carbocycles. The maximum atomic E-state index is 11.1. The first-order valence-electron chi connectivity index (χ1n) is 6.75. The number of carboxylic acid groups (broad SMARTS) is 2. The maximum absolute atomic E-state index is 11.1. The van der Waals surface area contributed by atoms with Gasteiger partial charge in [0.1, 0.15) is 0 Å². The van der Waals surface area contributed by atoms with Crippen LogP contribution in [-0.2, 0) is 9.59 Å². The molecule has 0 bridgehead atoms. The molecule has 3 atom stereocenters. The first-order valence-corrected chi connectivity index (χ1v) is 6.75. The lowest BCUT2D eigenvalue weighted by Crippen LogP contribution is -2.35. The van der Waals surface area contributed by atoms with E-state index in [2.05, 4.69) is 6.58 Å². The van der Waals surface area contributed by atoms with Gasteiger partial charge in [-0.25, -0.2) is 4.79 Å². The van der Waals surface area contributed by atoms with E-state index in [-0.39, 0.29) is 23.3 Å². The molecule has 5 nitrogen and oxygen atoms in total. The summed E-state index contributed by atoms with van der Waals surface area (Å²) < 4.78 is 0. The van der Waals surface area contributed by atoms with Gasteiger partial charge in [0.05, 0.1) is 12.5 Å². The molecule has 112 valence electrons. The number of aliphatic hydroxyl groups excluding tert-OH is 1. The highest BCUT2D eigenvalue weighted by atomic mass is 16.4. The first-order chi connectivity index (χ1) is 9.23. The Morgan fingerprint density at radius 2 is 2.00 bits per heavy atom. The van der Waals surface area contributed by atoms with E-state index in [0.717, 1.165) is 12.8 Å². The van der Waals surface area contributed by atoms with Crippen LogP contribution in [0.15, 0.2) is 23.8 Å². The highest BCUT2D eigenvalue weighted by molar-refractivity contribution is 5.92. The Balaban J connectivity index is 3.10. The molecular formula is C15H22O5. The van der Waals surface area contributed by atoms with Gasteiger partial charge in [-0.15, -0.1) is 0 Å². The second kappa shape index (κ2) is 6.70. The number of hydrogen-bond acceptors (Lipinski definition) is 3. The van der Waals surface area contributed by atoms with Crippen molar-refractivity contribution in [2.24, 2.45) is 17.8 Å². The lowest BCUT2D eigenvalue weighted by Gasteiger charge is -2.37. The quantitative estimate of drug-likeness (QED) is 0.530. The molecule has 0 heterocycles. The fraction of sp³-hybridized carbons (Fsp3) is 0.600. The predicted molar refractivity (Wildman–Crippen MR) is 74.2 cm³/mol. The van der Waals surface area contributed by atoms with E-state index in [1.807, 2.05) is 13.8 Å². The number of aliphatic carboxylic acids is 2. The van der Waals surface area contributed by atoms with Crippen molar-refractivity contribution < 1.29 is 24.9 Å². The van der Waals surface area contributed by atoms with E-state index in [9.17, 15) is 14.7 Å². The van der Waals surface area contributed by atoms with E-state index >= 15 is 0 Å². The van der Waals surface area contributed by atoms with Gasteiger partial charge in [0.15, 0.2) is 0 Å². The third-order valence-electron chi connectivity index (χ3n) is 3.94. The molecule has 1 aliphatic rings. The first kappa shape index (κ1) is 16.4. The van der Waals surface area contributed by atoms with Gasteiger partial charge in [-0.1, -0.05) is 26.5 Å². The molecule has 1 fully saturated rings. The van der Waals surface area contributed by atoms with Gasteiger partial charge in [-0.05, 0) is 30.3 Å². The summed E-state index contributed by atoms with van der Waals surface area (Å²) in [4.78, 5) is 21.9. The highest BCUT2D eigenvalue weighted by Gasteiger charge is 2.35. The molecule has 3 N–H and O–H groups in total. The van der Waals surface area contributed by atoms with Crippen molar-refractivity contribution in [3.05, 3.63) is 23.8 Å². The van der Waals surface area contributed by atoms with Crippen LogP contribution < -0.4 is 0 Å². The summed E-state index contributed by atoms with van der Waals surface area (Å²) in [6.07, 6.45) is 1.61. The average molecular weight is 282 g/mol. The molecule has 5 heteroatoms. The van der Waals surface area contributed by atoms with Crippen LogP contribution in [0.4, 0.5) is 0 Å². The van der Waals surface area contributed by atoms with Gasteiger partial charge in [0.2, 0.25) is 0 Å². The van der Waals surface area contributed by atoms with Crippen LogP contribution in [0.25, 0.3) is 0 Å². The molecule has 20 heavy (non-hydrogen) atoms. The van der Waals surface area contributed by atoms with Gasteiger partial charge < -0.3 is 15.3 Å². The molecule has 0 aromatic rings. The lowest BCUT2D eigenvalue weighted by atomic mass is 9.70. The monoisotopic (exact) mass is 282 g/mol. The third kappa shape index (κ3) is 3.93. The van der Waals surface area contributed by atoms with Gasteiger partial charge in [0.25, 0.3) is 0 Å². The number of carboxylic acids is 2. The Morgan fingerprint density at radius 3 is 2.45 bits per heavy atom. The molecule has 0 unspecified atom stereocenters. The molecule has 0 aliphatic heterocycles. The Bertz CT molecular complexity index is 436. The van der Waals surface area contributed by atoms with Crippen LogP contribution in [0.5, 0.6) is 0 Å². The normalized spacial score (nSPS) is 27.7. The third-order valence-corrected chi connectivity index (χ3v) is 3.94. The second-order valence-corrected chi connectivity index (χ2v) is 5.69. The Morgan fingerprint density at radius 1 is 1.40 bits per heavy atom. The number of aliphatic hydroxyl groups is 1. The zero-order valence-corrected chi connectivity index (χ0v) is 11.9. The fourth-order valence-corrected chi connectivity index (χ4v) is 2.79. The zero-order chi connectivity index (χ0) is 15.4. The van der Waals surface area contributed by atoms with Gasteiger partial charge in [0, 0.05) is 11.5 Å². The SMILES string of the molecule is C=C1CC[C@H](C(C)C)[C@@H](/C=C(\CC(=O)O)C(=O)O)[C@@H]1O. The topological polar surface area (TPSA) is 94.8 Å². The van der Waals surface area contributed by atoms with Crippen molar-refractivity contribution in [1.82, 2.24) is 0 Å². The smallest absolute Gasteiger partial charge is 0.331 e. The summed E-state index contributed by atoms with van der Waals surface area (Å²) in [5.74, 6) is -2.43. The van der Waals surface area contributed by atoms with Gasteiger partial charge in [-0.3, -0.25) is 4.79 Å². The minimum atomic E-state index is -1.25. The van der Waals surface area contributed by atoms with Crippen LogP contribution in [-0.4, -0.2) is 33.4 Å². The van der Waals surface area contributed by atoms with E-state index in [1.165, 1.54) is 6.08 Å². The van der Waals surface area contributed by atoms with Crippen molar-refractivity contribution in [1.29, 1.82) is 0 Å². The maximum Gasteiger partial charge on any atom is 0.331 e. The van der Waals surface area contributed by atoms with Crippen LogP contribution in [0, 0.1) is 17.8 Å². The summed E-state index contributed by atoms with van der Waals surface area (Å²) in [5.41, 5.74) is 0.505. The summed E-state index contributed by atoms with van der Waals surface area (Å²) in [6, 6.07) is 0. The van der Waals surface area contributed by atoms with E-state index in [0.29, 0.717) is 5.57 Å². The summed E-state index contributed by atoms with van der Waals surface area (Å²) in [6.45, 7) is 7.84. The fourth-order valence-electron chi connectivity index (χ4n) is 2.79. The Hall–Kier alpha value is -1.62. The molecule has 1 saturated carbocycles. The van der Waals surface area contributed by atoms with Crippen LogP contribution in [0.3, 0.4) is 0 Å². The number of carbonyl (C=O) groups is 2. The minimum Gasteiger partial charge on any atom is -0.481 e. The molecule has 0 amide bonds. The van der Waals surface area contributed by atoms with Crippen LogP contribution in [0.1, 0.15) is 33.1 Å². The molecule has 0 radical (unpaired) electrons. The molecular weight excluding hydrogens is 260 g/mol. The molecule has 1 aliphatic carbocycles. The molecule has 0 saturated heterocycles. The molecule has 0 spiro atoms. The van der Waals surface area contributed by atoms with E-state index < -0.39 is 24.5 Å². The van der Waals surface area contributed by atoms with Gasteiger partial charge in [-0.2, -0.15) is 0 Å². The standard InChI is InChI=1S/C15H22O5/c1-8(2)11-5-4-9(3)14(18)12(11)6-10(15(19)20)7-13(16)17/h6,8,11-12,14,18H,3-5,7H2,1-2H3,(H,16,17)(H,19,20)/b10-6+/t11-,12-,14-/m1/s1. The van der Waals surface area contributed by atoms with Crippen LogP contribution >= 0.6 is 0 Å². The summed E-state index contributed by atoms with van der Waals surface area (Å²) in [7, 11) is 0. The summed E-state index contributed by atoms with van der Waals surface area (Å²) in [5, 5.41) is 28.1. The highest BCUT2D eigenvalue weighted by Crippen LogP contribution is 2.39. The number of rotatable bonds is 5. The van der Waals surface area contributed by atoms with Crippen molar-refractivity contribution in [2.75, 3.05) is 0 Å². The van der Waals surface area contributed by atoms with E-state index in [1.54, 1.807) is 0 Å². The Kier molecular flexibility index (Phi) is 5.51. The summed E-state index contributed by atoms with van der Waals surface area (Å²) >= 11 is 0. The van der Waals surface area contributed by atoms with Crippen molar-refractivity contribution in [2.45, 2.75) is 39.2 Å². The van der Waals surface area contributed by atoms with E-state index in [4.69, 9.17) is 10.2 Å². The lowest BCUT2D eigenvalue weighted by molar-refractivity contribution is -0.139. The molecule has 1 rings (SSSR count). The van der Waals surface area contributed by atoms with Crippen LogP contribution in [0.2, 0.25) is 0 Å². The zero-order valence-electron chi connectivity index (χ0n) is 11.9. The minimum absolute atomic E-state index is 0.124.